The molecule has 0 N–H and O–H groups in total. The standard InChI is InChI=1S/C20H15NO3/c1-14-12-13-21-18(19(22)15-8-4-2-5-9-15)17(14)20(23)24-16-10-6-3-7-11-16/h2-13H,1H3. The molecule has 0 aliphatic rings. The Morgan fingerprint density at radius 2 is 1.50 bits per heavy atom. The molecule has 2 aromatic carbocycles. The number of hydrogen-bond donors (Lipinski definition) is 0. The van der Waals surface area contributed by atoms with Crippen LogP contribution in [0.15, 0.2) is 72.9 Å². The summed E-state index contributed by atoms with van der Waals surface area (Å²) in [5.74, 6) is -0.478. The van der Waals surface area contributed by atoms with E-state index in [0.717, 1.165) is 0 Å². The maximum absolute atomic E-state index is 12.7. The van der Waals surface area contributed by atoms with Gasteiger partial charge in [0.25, 0.3) is 0 Å². The number of hydrogen-bond acceptors (Lipinski definition) is 4. The molecular formula is C20H15NO3. The third kappa shape index (κ3) is 3.22. The van der Waals surface area contributed by atoms with Gasteiger partial charge in [-0.25, -0.2) is 4.79 Å². The fraction of sp³-hybridized carbons (Fsp3) is 0.0500. The number of carbonyl (C=O) groups excluding carboxylic acids is 2. The van der Waals surface area contributed by atoms with Crippen molar-refractivity contribution in [1.82, 2.24) is 4.98 Å². The summed E-state index contributed by atoms with van der Waals surface area (Å²) in [4.78, 5) is 29.4. The van der Waals surface area contributed by atoms with E-state index >= 15 is 0 Å². The van der Waals surface area contributed by atoms with Crippen molar-refractivity contribution in [2.75, 3.05) is 0 Å². The number of rotatable bonds is 4. The molecule has 0 amide bonds. The number of nitrogens with zero attached hydrogens (tertiary/aromatic N) is 1. The fourth-order valence-electron chi connectivity index (χ4n) is 2.36. The van der Waals surface area contributed by atoms with Crippen molar-refractivity contribution in [3.63, 3.8) is 0 Å². The number of pyridine rings is 1. The minimum Gasteiger partial charge on any atom is -0.423 e. The van der Waals surface area contributed by atoms with E-state index in [0.29, 0.717) is 16.9 Å². The van der Waals surface area contributed by atoms with Gasteiger partial charge in [-0.15, -0.1) is 0 Å². The number of aryl methyl sites for hydroxylation is 1. The van der Waals surface area contributed by atoms with E-state index in [1.807, 2.05) is 12.1 Å². The molecule has 0 bridgehead atoms. The first-order valence-electron chi connectivity index (χ1n) is 7.49. The van der Waals surface area contributed by atoms with Gasteiger partial charge >= 0.3 is 5.97 Å². The van der Waals surface area contributed by atoms with Crippen LogP contribution in [0.4, 0.5) is 0 Å². The number of ether oxygens (including phenoxy) is 1. The molecule has 1 heterocycles. The highest BCUT2D eigenvalue weighted by molar-refractivity contribution is 6.13. The van der Waals surface area contributed by atoms with Crippen LogP contribution < -0.4 is 4.74 Å². The van der Waals surface area contributed by atoms with Crippen LogP contribution in [0.25, 0.3) is 0 Å². The highest BCUT2D eigenvalue weighted by Crippen LogP contribution is 2.19. The lowest BCUT2D eigenvalue weighted by molar-refractivity contribution is 0.0729. The minimum atomic E-state index is -0.592. The molecule has 0 atom stereocenters. The summed E-state index contributed by atoms with van der Waals surface area (Å²) in [5, 5.41) is 0. The number of carbonyl (C=O) groups is 2. The lowest BCUT2D eigenvalue weighted by Crippen LogP contribution is -2.18. The summed E-state index contributed by atoms with van der Waals surface area (Å²) < 4.78 is 5.38. The first-order chi connectivity index (χ1) is 11.7. The van der Waals surface area contributed by atoms with E-state index in [-0.39, 0.29) is 17.0 Å². The molecule has 4 nitrogen and oxygen atoms in total. The topological polar surface area (TPSA) is 56.3 Å². The van der Waals surface area contributed by atoms with Crippen LogP contribution in [0.1, 0.15) is 32.0 Å². The van der Waals surface area contributed by atoms with Gasteiger partial charge in [0.2, 0.25) is 5.78 Å². The SMILES string of the molecule is Cc1ccnc(C(=O)c2ccccc2)c1C(=O)Oc1ccccc1. The van der Waals surface area contributed by atoms with E-state index in [1.54, 1.807) is 61.5 Å². The zero-order valence-electron chi connectivity index (χ0n) is 13.1. The van der Waals surface area contributed by atoms with E-state index < -0.39 is 5.97 Å². The number of ketones is 1. The van der Waals surface area contributed by atoms with Crippen LogP contribution in [-0.4, -0.2) is 16.7 Å². The molecule has 0 unspecified atom stereocenters. The monoisotopic (exact) mass is 317 g/mol. The number of benzene rings is 2. The Morgan fingerprint density at radius 1 is 0.875 bits per heavy atom. The number of para-hydroxylation sites is 1. The predicted molar refractivity (Wildman–Crippen MR) is 90.2 cm³/mol. The molecule has 0 aliphatic carbocycles. The second-order valence-electron chi connectivity index (χ2n) is 5.25. The van der Waals surface area contributed by atoms with Gasteiger partial charge in [-0.1, -0.05) is 48.5 Å². The first-order valence-corrected chi connectivity index (χ1v) is 7.49. The summed E-state index contributed by atoms with van der Waals surface area (Å²) in [5.41, 5.74) is 1.41. The Hall–Kier alpha value is -3.27. The predicted octanol–water partition coefficient (Wildman–Crippen LogP) is 3.84. The van der Waals surface area contributed by atoms with Crippen molar-refractivity contribution in [3.05, 3.63) is 95.3 Å². The maximum atomic E-state index is 12.7. The molecule has 0 radical (unpaired) electrons. The molecule has 3 aromatic rings. The van der Waals surface area contributed by atoms with Crippen LogP contribution in [-0.2, 0) is 0 Å². The average molecular weight is 317 g/mol. The Kier molecular flexibility index (Phi) is 4.47. The van der Waals surface area contributed by atoms with Crippen molar-refractivity contribution in [2.45, 2.75) is 6.92 Å². The molecule has 3 rings (SSSR count). The van der Waals surface area contributed by atoms with Crippen LogP contribution in [0.5, 0.6) is 5.75 Å². The highest BCUT2D eigenvalue weighted by Gasteiger charge is 2.23. The van der Waals surface area contributed by atoms with Crippen molar-refractivity contribution in [3.8, 4) is 5.75 Å². The van der Waals surface area contributed by atoms with Crippen LogP contribution in [0, 0.1) is 6.92 Å². The summed E-state index contributed by atoms with van der Waals surface area (Å²) in [6.45, 7) is 1.76. The average Bonchev–Trinajstić information content (AvgIpc) is 2.62. The second kappa shape index (κ2) is 6.87. The smallest absolute Gasteiger partial charge is 0.346 e. The molecular weight excluding hydrogens is 302 g/mol. The third-order valence-electron chi connectivity index (χ3n) is 3.57. The van der Waals surface area contributed by atoms with Gasteiger partial charge in [0.05, 0.1) is 5.56 Å². The van der Waals surface area contributed by atoms with Crippen LogP contribution in [0.3, 0.4) is 0 Å². The summed E-state index contributed by atoms with van der Waals surface area (Å²) in [6.07, 6.45) is 1.52. The third-order valence-corrected chi connectivity index (χ3v) is 3.57. The van der Waals surface area contributed by atoms with E-state index in [2.05, 4.69) is 4.98 Å². The molecule has 0 saturated carbocycles. The van der Waals surface area contributed by atoms with E-state index in [1.165, 1.54) is 6.20 Å². The Morgan fingerprint density at radius 3 is 2.17 bits per heavy atom. The minimum absolute atomic E-state index is 0.0992. The van der Waals surface area contributed by atoms with Gasteiger partial charge in [0, 0.05) is 11.8 Å². The summed E-state index contributed by atoms with van der Waals surface area (Å²) in [7, 11) is 0. The summed E-state index contributed by atoms with van der Waals surface area (Å²) in [6, 6.07) is 19.2. The van der Waals surface area contributed by atoms with Gasteiger partial charge in [-0.2, -0.15) is 0 Å². The van der Waals surface area contributed by atoms with Crippen LogP contribution in [0.2, 0.25) is 0 Å². The lowest BCUT2D eigenvalue weighted by Gasteiger charge is -2.10. The van der Waals surface area contributed by atoms with Gasteiger partial charge < -0.3 is 4.74 Å². The molecule has 24 heavy (non-hydrogen) atoms. The van der Waals surface area contributed by atoms with Gasteiger partial charge in [0.15, 0.2) is 0 Å². The Balaban J connectivity index is 1.99. The number of esters is 1. The molecule has 0 spiro atoms. The zero-order valence-corrected chi connectivity index (χ0v) is 13.1. The molecule has 118 valence electrons. The zero-order chi connectivity index (χ0) is 16.9. The number of aromatic nitrogens is 1. The van der Waals surface area contributed by atoms with E-state index in [4.69, 9.17) is 4.74 Å². The van der Waals surface area contributed by atoms with Crippen molar-refractivity contribution >= 4 is 11.8 Å². The second-order valence-corrected chi connectivity index (χ2v) is 5.25. The molecule has 0 fully saturated rings. The maximum Gasteiger partial charge on any atom is 0.346 e. The molecule has 0 aliphatic heterocycles. The first kappa shape index (κ1) is 15.6. The largest absolute Gasteiger partial charge is 0.423 e. The molecule has 0 saturated heterocycles. The molecule has 4 heteroatoms. The normalized spacial score (nSPS) is 10.2. The fourth-order valence-corrected chi connectivity index (χ4v) is 2.36. The Bertz CT molecular complexity index is 874. The van der Waals surface area contributed by atoms with Gasteiger partial charge in [-0.3, -0.25) is 9.78 Å². The van der Waals surface area contributed by atoms with Gasteiger partial charge in [0.1, 0.15) is 11.4 Å². The summed E-state index contributed by atoms with van der Waals surface area (Å²) >= 11 is 0. The van der Waals surface area contributed by atoms with Crippen molar-refractivity contribution in [1.29, 1.82) is 0 Å². The van der Waals surface area contributed by atoms with Crippen LogP contribution >= 0.6 is 0 Å². The van der Waals surface area contributed by atoms with Gasteiger partial charge in [-0.05, 0) is 30.7 Å². The molecule has 1 aromatic heterocycles. The van der Waals surface area contributed by atoms with Crippen molar-refractivity contribution < 1.29 is 14.3 Å². The lowest BCUT2D eigenvalue weighted by atomic mass is 10.0. The quantitative estimate of drug-likeness (QED) is 0.417. The van der Waals surface area contributed by atoms with E-state index in [9.17, 15) is 9.59 Å². The van der Waals surface area contributed by atoms with Crippen molar-refractivity contribution in [2.24, 2.45) is 0 Å². The highest BCUT2D eigenvalue weighted by atomic mass is 16.5. The Labute approximate surface area is 139 Å².